The van der Waals surface area contributed by atoms with Gasteiger partial charge in [0.25, 0.3) is 0 Å². The van der Waals surface area contributed by atoms with Gasteiger partial charge in [0.05, 0.1) is 5.69 Å². The molecule has 0 N–H and O–H groups in total. The highest BCUT2D eigenvalue weighted by atomic mass is 19.1. The van der Waals surface area contributed by atoms with Crippen LogP contribution in [0.2, 0.25) is 0 Å². The normalized spacial score (nSPS) is 12.7. The Hall–Kier alpha value is -1.88. The van der Waals surface area contributed by atoms with Gasteiger partial charge in [-0.05, 0) is 26.1 Å². The highest BCUT2D eigenvalue weighted by Crippen LogP contribution is 2.19. The number of hydrogen-bond donors (Lipinski definition) is 0. The molecule has 5 heteroatoms. The molecule has 0 aliphatic rings. The Morgan fingerprint density at radius 1 is 1.26 bits per heavy atom. The Labute approximate surface area is 110 Å². The predicted octanol–water partition coefficient (Wildman–Crippen LogP) is 2.95. The van der Waals surface area contributed by atoms with E-state index in [1.165, 1.54) is 18.5 Å². The van der Waals surface area contributed by atoms with Crippen LogP contribution in [-0.2, 0) is 6.54 Å². The number of halogens is 2. The zero-order valence-corrected chi connectivity index (χ0v) is 10.8. The number of nitrogens with zero attached hydrogens (tertiary/aromatic N) is 3. The van der Waals surface area contributed by atoms with Crippen molar-refractivity contribution in [2.75, 3.05) is 7.05 Å². The second-order valence-corrected chi connectivity index (χ2v) is 4.46. The molecule has 1 atom stereocenters. The molecule has 0 amide bonds. The molecular weight excluding hydrogens is 248 g/mol. The first kappa shape index (κ1) is 13.5. The Kier molecular flexibility index (Phi) is 4.16. The van der Waals surface area contributed by atoms with E-state index in [1.807, 2.05) is 24.9 Å². The molecule has 0 aliphatic carbocycles. The summed E-state index contributed by atoms with van der Waals surface area (Å²) in [5, 5.41) is 0. The lowest BCUT2D eigenvalue weighted by atomic mass is 10.1. The maximum atomic E-state index is 13.6. The van der Waals surface area contributed by atoms with Crippen molar-refractivity contribution in [3.63, 3.8) is 0 Å². The van der Waals surface area contributed by atoms with Gasteiger partial charge in [0.1, 0.15) is 18.0 Å². The van der Waals surface area contributed by atoms with Gasteiger partial charge < -0.3 is 0 Å². The van der Waals surface area contributed by atoms with Crippen molar-refractivity contribution in [2.24, 2.45) is 0 Å². The van der Waals surface area contributed by atoms with Crippen molar-refractivity contribution in [1.29, 1.82) is 0 Å². The third-order valence-electron chi connectivity index (χ3n) is 3.13. The molecule has 3 nitrogen and oxygen atoms in total. The topological polar surface area (TPSA) is 29.0 Å². The summed E-state index contributed by atoms with van der Waals surface area (Å²) in [6, 6.07) is 5.48. The molecular formula is C14H15F2N3. The fraction of sp³-hybridized carbons (Fsp3) is 0.286. The van der Waals surface area contributed by atoms with Crippen molar-refractivity contribution in [3.8, 4) is 0 Å². The van der Waals surface area contributed by atoms with Gasteiger partial charge >= 0.3 is 0 Å². The van der Waals surface area contributed by atoms with Gasteiger partial charge in [-0.3, -0.25) is 4.90 Å². The van der Waals surface area contributed by atoms with Crippen LogP contribution in [0.15, 0.2) is 36.8 Å². The first-order chi connectivity index (χ1) is 9.08. The second kappa shape index (κ2) is 5.84. The number of benzene rings is 1. The summed E-state index contributed by atoms with van der Waals surface area (Å²) in [5.41, 5.74) is 1.32. The first-order valence-corrected chi connectivity index (χ1v) is 5.98. The lowest BCUT2D eigenvalue weighted by molar-refractivity contribution is 0.245. The summed E-state index contributed by atoms with van der Waals surface area (Å²) in [6.45, 7) is 2.36. The Bertz CT molecular complexity index is 546. The van der Waals surface area contributed by atoms with E-state index in [9.17, 15) is 8.78 Å². The number of aromatic nitrogens is 2. The fourth-order valence-electron chi connectivity index (χ4n) is 1.83. The third-order valence-corrected chi connectivity index (χ3v) is 3.13. The van der Waals surface area contributed by atoms with Crippen LogP contribution in [0.5, 0.6) is 0 Å². The number of rotatable bonds is 4. The van der Waals surface area contributed by atoms with E-state index in [-0.39, 0.29) is 6.04 Å². The van der Waals surface area contributed by atoms with Crippen LogP contribution in [0, 0.1) is 11.6 Å². The summed E-state index contributed by atoms with van der Waals surface area (Å²) in [7, 11) is 1.87. The Morgan fingerprint density at radius 2 is 2.05 bits per heavy atom. The summed E-state index contributed by atoms with van der Waals surface area (Å²) < 4.78 is 26.4. The standard InChI is InChI=1S/C14H15F2N3/c1-10(14-5-6-17-9-18-14)19(2)8-11-3-4-12(15)7-13(11)16/h3-7,9-10H,8H2,1-2H3/t10-/m1/s1. The molecule has 2 rings (SSSR count). The molecule has 1 heterocycles. The van der Waals surface area contributed by atoms with Gasteiger partial charge in [0.15, 0.2) is 0 Å². The van der Waals surface area contributed by atoms with Gasteiger partial charge in [0, 0.05) is 30.4 Å². The first-order valence-electron chi connectivity index (χ1n) is 5.98. The van der Waals surface area contributed by atoms with E-state index in [1.54, 1.807) is 6.20 Å². The molecule has 0 aliphatic heterocycles. The van der Waals surface area contributed by atoms with Crippen LogP contribution in [0.4, 0.5) is 8.78 Å². The van der Waals surface area contributed by atoms with Gasteiger partial charge in [-0.1, -0.05) is 6.07 Å². The molecule has 0 fully saturated rings. The smallest absolute Gasteiger partial charge is 0.130 e. The molecule has 1 aromatic heterocycles. The molecule has 0 bridgehead atoms. The largest absolute Gasteiger partial charge is 0.294 e. The van der Waals surface area contributed by atoms with E-state index in [2.05, 4.69) is 9.97 Å². The summed E-state index contributed by atoms with van der Waals surface area (Å²) in [6.07, 6.45) is 3.16. The average molecular weight is 263 g/mol. The van der Waals surface area contributed by atoms with Crippen LogP contribution in [-0.4, -0.2) is 21.9 Å². The maximum Gasteiger partial charge on any atom is 0.130 e. The molecule has 0 unspecified atom stereocenters. The second-order valence-electron chi connectivity index (χ2n) is 4.46. The summed E-state index contributed by atoms with van der Waals surface area (Å²) in [4.78, 5) is 9.98. The monoisotopic (exact) mass is 263 g/mol. The van der Waals surface area contributed by atoms with Crippen molar-refractivity contribution < 1.29 is 8.78 Å². The van der Waals surface area contributed by atoms with Crippen molar-refractivity contribution in [3.05, 3.63) is 59.7 Å². The highest BCUT2D eigenvalue weighted by molar-refractivity contribution is 5.18. The molecule has 0 saturated carbocycles. The molecule has 0 saturated heterocycles. The molecule has 2 aromatic rings. The average Bonchev–Trinajstić information content (AvgIpc) is 2.42. The van der Waals surface area contributed by atoms with E-state index in [4.69, 9.17) is 0 Å². The summed E-state index contributed by atoms with van der Waals surface area (Å²) in [5.74, 6) is -1.09. The van der Waals surface area contributed by atoms with Crippen molar-refractivity contribution >= 4 is 0 Å². The van der Waals surface area contributed by atoms with Crippen LogP contribution < -0.4 is 0 Å². The Morgan fingerprint density at radius 3 is 2.68 bits per heavy atom. The molecule has 100 valence electrons. The van der Waals surface area contributed by atoms with Crippen molar-refractivity contribution in [1.82, 2.24) is 14.9 Å². The minimum absolute atomic E-state index is 0.0208. The van der Waals surface area contributed by atoms with E-state index in [0.717, 1.165) is 11.8 Å². The predicted molar refractivity (Wildman–Crippen MR) is 68.3 cm³/mol. The molecule has 19 heavy (non-hydrogen) atoms. The quantitative estimate of drug-likeness (QED) is 0.849. The van der Waals surface area contributed by atoms with E-state index >= 15 is 0 Å². The SMILES string of the molecule is C[C@H](c1ccncn1)N(C)Cc1ccc(F)cc1F. The third kappa shape index (κ3) is 3.32. The lowest BCUT2D eigenvalue weighted by Gasteiger charge is -2.24. The van der Waals surface area contributed by atoms with Crippen LogP contribution >= 0.6 is 0 Å². The van der Waals surface area contributed by atoms with E-state index in [0.29, 0.717) is 12.1 Å². The van der Waals surface area contributed by atoms with Crippen LogP contribution in [0.3, 0.4) is 0 Å². The molecule has 0 radical (unpaired) electrons. The number of hydrogen-bond acceptors (Lipinski definition) is 3. The van der Waals surface area contributed by atoms with E-state index < -0.39 is 11.6 Å². The van der Waals surface area contributed by atoms with Gasteiger partial charge in [-0.15, -0.1) is 0 Å². The lowest BCUT2D eigenvalue weighted by Crippen LogP contribution is -2.23. The summed E-state index contributed by atoms with van der Waals surface area (Å²) >= 11 is 0. The van der Waals surface area contributed by atoms with Gasteiger partial charge in [0.2, 0.25) is 0 Å². The van der Waals surface area contributed by atoms with Gasteiger partial charge in [-0.25, -0.2) is 18.7 Å². The van der Waals surface area contributed by atoms with Crippen molar-refractivity contribution in [2.45, 2.75) is 19.5 Å². The zero-order chi connectivity index (χ0) is 13.8. The highest BCUT2D eigenvalue weighted by Gasteiger charge is 2.15. The van der Waals surface area contributed by atoms with Gasteiger partial charge in [-0.2, -0.15) is 0 Å². The van der Waals surface area contributed by atoms with Crippen LogP contribution in [0.25, 0.3) is 0 Å². The maximum absolute atomic E-state index is 13.6. The Balaban J connectivity index is 2.10. The minimum atomic E-state index is -0.562. The van der Waals surface area contributed by atoms with Crippen LogP contribution in [0.1, 0.15) is 24.2 Å². The zero-order valence-electron chi connectivity index (χ0n) is 10.8. The minimum Gasteiger partial charge on any atom is -0.294 e. The molecule has 0 spiro atoms. The molecule has 1 aromatic carbocycles. The fourth-order valence-corrected chi connectivity index (χ4v) is 1.83.